The van der Waals surface area contributed by atoms with Crippen LogP contribution >= 0.6 is 0 Å². The first-order chi connectivity index (χ1) is 8.31. The molecular weight excluding hydrogens is 214 g/mol. The van der Waals surface area contributed by atoms with Crippen molar-refractivity contribution in [3.63, 3.8) is 0 Å². The average molecular weight is 239 g/mol. The van der Waals surface area contributed by atoms with Crippen molar-refractivity contribution in [1.29, 1.82) is 0 Å². The zero-order chi connectivity index (χ0) is 12.1. The third-order valence-electron chi connectivity index (χ3n) is 4.06. The van der Waals surface area contributed by atoms with Gasteiger partial charge in [0.25, 0.3) is 0 Å². The summed E-state index contributed by atoms with van der Waals surface area (Å²) in [5.41, 5.74) is 5.43. The van der Waals surface area contributed by atoms with Gasteiger partial charge in [-0.05, 0) is 45.2 Å². The number of nitrogens with zero attached hydrogens (tertiary/aromatic N) is 1. The number of nitrogens with one attached hydrogen (secondary N) is 1. The maximum Gasteiger partial charge on any atom is 0.220 e. The fourth-order valence-corrected chi connectivity index (χ4v) is 3.12. The molecule has 17 heavy (non-hydrogen) atoms. The molecule has 3 N–H and O–H groups in total. The molecule has 2 unspecified atom stereocenters. The second kappa shape index (κ2) is 6.36. The predicted molar refractivity (Wildman–Crippen MR) is 68.7 cm³/mol. The van der Waals surface area contributed by atoms with Crippen molar-refractivity contribution in [3.8, 4) is 0 Å². The smallest absolute Gasteiger partial charge is 0.220 e. The van der Waals surface area contributed by atoms with Gasteiger partial charge >= 0.3 is 0 Å². The van der Waals surface area contributed by atoms with E-state index in [0.29, 0.717) is 25.0 Å². The van der Waals surface area contributed by atoms with Crippen LogP contribution in [0, 0.1) is 0 Å². The van der Waals surface area contributed by atoms with Crippen molar-refractivity contribution in [3.05, 3.63) is 0 Å². The molecule has 0 saturated carbocycles. The fraction of sp³-hybridized carbons (Fsp3) is 0.923. The molecule has 4 nitrogen and oxygen atoms in total. The van der Waals surface area contributed by atoms with Crippen molar-refractivity contribution in [2.45, 2.75) is 57.0 Å². The lowest BCUT2D eigenvalue weighted by Crippen LogP contribution is -2.46. The molecule has 0 aromatic rings. The Morgan fingerprint density at radius 1 is 1.24 bits per heavy atom. The minimum atomic E-state index is 0.218. The van der Waals surface area contributed by atoms with Crippen molar-refractivity contribution in [2.75, 3.05) is 19.6 Å². The molecule has 98 valence electrons. The number of carbonyl (C=O) groups excluding carboxylic acids is 1. The topological polar surface area (TPSA) is 58.4 Å². The monoisotopic (exact) mass is 239 g/mol. The molecule has 0 spiro atoms. The molecule has 2 rings (SSSR count). The van der Waals surface area contributed by atoms with Gasteiger partial charge in [0.15, 0.2) is 0 Å². The van der Waals surface area contributed by atoms with Gasteiger partial charge in [0.1, 0.15) is 0 Å². The molecule has 2 heterocycles. The lowest BCUT2D eigenvalue weighted by molar-refractivity contribution is -0.122. The van der Waals surface area contributed by atoms with Crippen LogP contribution < -0.4 is 11.1 Å². The lowest BCUT2D eigenvalue weighted by Gasteiger charge is -2.32. The summed E-state index contributed by atoms with van der Waals surface area (Å²) in [6.07, 6.45) is 7.55. The number of rotatable bonds is 5. The SMILES string of the molecule is NCCCCC(=O)NC1CCN2CCCCC12. The van der Waals surface area contributed by atoms with E-state index in [0.717, 1.165) is 19.3 Å². The fourth-order valence-electron chi connectivity index (χ4n) is 3.12. The number of hydrogen-bond acceptors (Lipinski definition) is 3. The highest BCUT2D eigenvalue weighted by Crippen LogP contribution is 2.27. The number of unbranched alkanes of at least 4 members (excludes halogenated alkanes) is 1. The molecule has 2 aliphatic heterocycles. The summed E-state index contributed by atoms with van der Waals surface area (Å²) in [7, 11) is 0. The quantitative estimate of drug-likeness (QED) is 0.700. The molecule has 2 atom stereocenters. The zero-order valence-electron chi connectivity index (χ0n) is 10.7. The third-order valence-corrected chi connectivity index (χ3v) is 4.06. The molecule has 2 aliphatic rings. The highest BCUT2D eigenvalue weighted by Gasteiger charge is 2.35. The average Bonchev–Trinajstić information content (AvgIpc) is 2.73. The maximum absolute atomic E-state index is 11.8. The summed E-state index contributed by atoms with van der Waals surface area (Å²) >= 11 is 0. The lowest BCUT2D eigenvalue weighted by atomic mass is 9.99. The van der Waals surface area contributed by atoms with Crippen molar-refractivity contribution < 1.29 is 4.79 Å². The number of amides is 1. The van der Waals surface area contributed by atoms with E-state index >= 15 is 0 Å². The van der Waals surface area contributed by atoms with E-state index in [1.54, 1.807) is 0 Å². The van der Waals surface area contributed by atoms with E-state index in [2.05, 4.69) is 10.2 Å². The van der Waals surface area contributed by atoms with E-state index in [-0.39, 0.29) is 5.91 Å². The highest BCUT2D eigenvalue weighted by atomic mass is 16.1. The Bertz CT molecular complexity index is 257. The van der Waals surface area contributed by atoms with Crippen LogP contribution in [0.4, 0.5) is 0 Å². The van der Waals surface area contributed by atoms with Gasteiger partial charge in [0.05, 0.1) is 0 Å². The largest absolute Gasteiger partial charge is 0.352 e. The standard InChI is InChI=1S/C13H25N3O/c14-8-3-1-6-13(17)15-11-7-10-16-9-4-2-5-12(11)16/h11-12H,1-10,14H2,(H,15,17). The molecule has 0 aliphatic carbocycles. The molecule has 0 aromatic carbocycles. The Morgan fingerprint density at radius 3 is 2.94 bits per heavy atom. The summed E-state index contributed by atoms with van der Waals surface area (Å²) in [5, 5.41) is 3.22. The first-order valence-electron chi connectivity index (χ1n) is 7.05. The van der Waals surface area contributed by atoms with Gasteiger partial charge in [0.2, 0.25) is 5.91 Å². The van der Waals surface area contributed by atoms with Gasteiger partial charge in [-0.3, -0.25) is 9.69 Å². The van der Waals surface area contributed by atoms with Gasteiger partial charge in [-0.2, -0.15) is 0 Å². The Labute approximate surface area is 104 Å². The highest BCUT2D eigenvalue weighted by molar-refractivity contribution is 5.76. The Hall–Kier alpha value is -0.610. The van der Waals surface area contributed by atoms with Gasteiger partial charge in [-0.1, -0.05) is 6.42 Å². The Balaban J connectivity index is 1.73. The van der Waals surface area contributed by atoms with Crippen LogP contribution in [0.15, 0.2) is 0 Å². The van der Waals surface area contributed by atoms with Crippen LogP contribution in [0.2, 0.25) is 0 Å². The molecular formula is C13H25N3O. The molecule has 2 saturated heterocycles. The summed E-state index contributed by atoms with van der Waals surface area (Å²) in [6.45, 7) is 3.08. The van der Waals surface area contributed by atoms with Crippen LogP contribution in [0.25, 0.3) is 0 Å². The summed E-state index contributed by atoms with van der Waals surface area (Å²) < 4.78 is 0. The number of carbonyl (C=O) groups is 1. The first-order valence-corrected chi connectivity index (χ1v) is 7.05. The van der Waals surface area contributed by atoms with Gasteiger partial charge in [0, 0.05) is 25.0 Å². The van der Waals surface area contributed by atoms with Crippen LogP contribution in [-0.2, 0) is 4.79 Å². The van der Waals surface area contributed by atoms with Crippen molar-refractivity contribution in [1.82, 2.24) is 10.2 Å². The van der Waals surface area contributed by atoms with E-state index in [1.807, 2.05) is 0 Å². The van der Waals surface area contributed by atoms with E-state index < -0.39 is 0 Å². The van der Waals surface area contributed by atoms with Gasteiger partial charge < -0.3 is 11.1 Å². The number of hydrogen-bond donors (Lipinski definition) is 2. The van der Waals surface area contributed by atoms with Crippen LogP contribution in [0.5, 0.6) is 0 Å². The minimum Gasteiger partial charge on any atom is -0.352 e. The molecule has 0 bridgehead atoms. The second-order valence-electron chi connectivity index (χ2n) is 5.31. The summed E-state index contributed by atoms with van der Waals surface area (Å²) in [4.78, 5) is 14.3. The maximum atomic E-state index is 11.8. The van der Waals surface area contributed by atoms with Gasteiger partial charge in [-0.15, -0.1) is 0 Å². The van der Waals surface area contributed by atoms with E-state index in [9.17, 15) is 4.79 Å². The van der Waals surface area contributed by atoms with E-state index in [4.69, 9.17) is 5.73 Å². The van der Waals surface area contributed by atoms with Crippen molar-refractivity contribution in [2.24, 2.45) is 5.73 Å². The Kier molecular flexibility index (Phi) is 4.80. The molecule has 4 heteroatoms. The second-order valence-corrected chi connectivity index (χ2v) is 5.31. The first kappa shape index (κ1) is 12.8. The summed E-state index contributed by atoms with van der Waals surface area (Å²) in [6, 6.07) is 1.02. The van der Waals surface area contributed by atoms with Crippen LogP contribution in [0.1, 0.15) is 44.9 Å². The van der Waals surface area contributed by atoms with Crippen molar-refractivity contribution >= 4 is 5.91 Å². The molecule has 1 amide bonds. The van der Waals surface area contributed by atoms with E-state index in [1.165, 1.54) is 32.4 Å². The Morgan fingerprint density at radius 2 is 2.12 bits per heavy atom. The summed E-state index contributed by atoms with van der Waals surface area (Å²) in [5.74, 6) is 0.218. The van der Waals surface area contributed by atoms with Crippen LogP contribution in [0.3, 0.4) is 0 Å². The minimum absolute atomic E-state index is 0.218. The molecule has 0 radical (unpaired) electrons. The number of fused-ring (bicyclic) bond motifs is 1. The molecule has 2 fully saturated rings. The number of nitrogens with two attached hydrogens (primary N) is 1. The van der Waals surface area contributed by atoms with Gasteiger partial charge in [-0.25, -0.2) is 0 Å². The normalized spacial score (nSPS) is 29.0. The molecule has 0 aromatic heterocycles. The predicted octanol–water partition coefficient (Wildman–Crippen LogP) is 0.858. The number of piperidine rings is 1. The van der Waals surface area contributed by atoms with Crippen LogP contribution in [-0.4, -0.2) is 42.5 Å². The zero-order valence-corrected chi connectivity index (χ0v) is 10.7. The third kappa shape index (κ3) is 3.42.